The van der Waals surface area contributed by atoms with Gasteiger partial charge in [-0.2, -0.15) is 0 Å². The predicted molar refractivity (Wildman–Crippen MR) is 67.8 cm³/mol. The van der Waals surface area contributed by atoms with Crippen LogP contribution >= 0.6 is 0 Å². The van der Waals surface area contributed by atoms with E-state index in [0.29, 0.717) is 0 Å². The summed E-state index contributed by atoms with van der Waals surface area (Å²) in [5.74, 6) is -0.838. The molecule has 0 aliphatic carbocycles. The first kappa shape index (κ1) is 15.4. The normalized spacial score (nSPS) is 10.1. The van der Waals surface area contributed by atoms with Gasteiger partial charge >= 0.3 is 5.97 Å². The van der Waals surface area contributed by atoms with Crippen LogP contribution < -0.4 is 21.5 Å². The zero-order valence-electron chi connectivity index (χ0n) is 11.2. The number of benzene rings is 1. The van der Waals surface area contributed by atoms with E-state index in [0.717, 1.165) is 5.69 Å². The van der Waals surface area contributed by atoms with Crippen LogP contribution in [0, 0.1) is 20.8 Å². The zero-order valence-corrected chi connectivity index (χ0v) is 12.8. The van der Waals surface area contributed by atoms with Crippen LogP contribution in [-0.2, 0) is 11.3 Å². The second-order valence-electron chi connectivity index (χ2n) is 4.63. The van der Waals surface area contributed by atoms with Gasteiger partial charge in [0.1, 0.15) is 18.1 Å². The van der Waals surface area contributed by atoms with Crippen molar-refractivity contribution in [2.75, 3.05) is 0 Å². The van der Waals surface area contributed by atoms with Crippen LogP contribution in [-0.4, -0.2) is 15.6 Å². The van der Waals surface area contributed by atoms with Gasteiger partial charge in [0.2, 0.25) is 6.33 Å². The number of nitrogens with zero attached hydrogens (tertiary/aromatic N) is 2. The van der Waals surface area contributed by atoms with Crippen molar-refractivity contribution in [3.63, 3.8) is 0 Å². The Morgan fingerprint density at radius 3 is 2.37 bits per heavy atom. The van der Waals surface area contributed by atoms with Crippen LogP contribution in [0.4, 0.5) is 0 Å². The smallest absolute Gasteiger partial charge is 0.346 e. The third kappa shape index (κ3) is 3.44. The molecule has 0 aliphatic rings. The molecule has 0 amide bonds. The maximum Gasteiger partial charge on any atom is 0.346 e. The van der Waals surface area contributed by atoms with E-state index < -0.39 is 5.97 Å². The Bertz CT molecular complexity index is 582. The number of carbonyl (C=O) groups is 1. The average molecular weight is 325 g/mol. The molecular weight excluding hydrogens is 308 g/mol. The topological polar surface area (TPSA) is 46.1 Å². The zero-order chi connectivity index (χ0) is 13.3. The molecule has 1 aromatic heterocycles. The predicted octanol–water partition coefficient (Wildman–Crippen LogP) is -1.22. The highest BCUT2D eigenvalue weighted by Crippen LogP contribution is 2.20. The molecule has 0 fully saturated rings. The van der Waals surface area contributed by atoms with Gasteiger partial charge in [-0.05, 0) is 31.9 Å². The Morgan fingerprint density at radius 1 is 1.26 bits per heavy atom. The minimum atomic E-state index is -0.838. The molecule has 0 aliphatic heterocycles. The third-order valence-corrected chi connectivity index (χ3v) is 2.90. The van der Waals surface area contributed by atoms with E-state index in [1.165, 1.54) is 16.7 Å². The minimum Gasteiger partial charge on any atom is -1.00 e. The number of carboxylic acid groups (broad SMARTS) is 1. The molecule has 1 aromatic carbocycles. The van der Waals surface area contributed by atoms with Gasteiger partial charge in [-0.1, -0.05) is 17.7 Å². The Hall–Kier alpha value is -1.62. The minimum absolute atomic E-state index is 0. The van der Waals surface area contributed by atoms with Gasteiger partial charge in [-0.15, -0.1) is 0 Å². The second kappa shape index (κ2) is 6.02. The SMILES string of the molecule is Cc1cc(C)c(-n2cc[n+](CC(=O)O)c2)c(C)c1.[Br-]. The van der Waals surface area contributed by atoms with Crippen molar-refractivity contribution in [2.24, 2.45) is 0 Å². The Kier molecular flexibility index (Phi) is 4.89. The van der Waals surface area contributed by atoms with Crippen molar-refractivity contribution in [3.05, 3.63) is 47.5 Å². The lowest BCUT2D eigenvalue weighted by Crippen LogP contribution is -3.00. The summed E-state index contributed by atoms with van der Waals surface area (Å²) in [4.78, 5) is 10.7. The molecule has 1 heterocycles. The average Bonchev–Trinajstić information content (AvgIpc) is 2.63. The summed E-state index contributed by atoms with van der Waals surface area (Å²) in [5.41, 5.74) is 4.72. The summed E-state index contributed by atoms with van der Waals surface area (Å²) < 4.78 is 3.62. The van der Waals surface area contributed by atoms with E-state index in [1.54, 1.807) is 17.1 Å². The molecule has 0 atom stereocenters. The summed E-state index contributed by atoms with van der Waals surface area (Å²) in [7, 11) is 0. The van der Waals surface area contributed by atoms with Crippen LogP contribution in [0.1, 0.15) is 16.7 Å². The number of hydrogen-bond acceptors (Lipinski definition) is 1. The van der Waals surface area contributed by atoms with Crippen molar-refractivity contribution in [1.29, 1.82) is 0 Å². The fourth-order valence-corrected chi connectivity index (χ4v) is 2.36. The fraction of sp³-hybridized carbons (Fsp3) is 0.286. The van der Waals surface area contributed by atoms with E-state index in [-0.39, 0.29) is 23.5 Å². The summed E-state index contributed by atoms with van der Waals surface area (Å²) in [5, 5.41) is 8.76. The molecular formula is C14H17BrN2O2. The van der Waals surface area contributed by atoms with Crippen LogP contribution in [0.15, 0.2) is 30.9 Å². The molecule has 0 bridgehead atoms. The highest BCUT2D eigenvalue weighted by molar-refractivity contribution is 5.64. The van der Waals surface area contributed by atoms with Crippen molar-refractivity contribution >= 4 is 5.97 Å². The van der Waals surface area contributed by atoms with Gasteiger partial charge in [0.15, 0.2) is 6.54 Å². The monoisotopic (exact) mass is 324 g/mol. The Morgan fingerprint density at radius 2 is 1.84 bits per heavy atom. The van der Waals surface area contributed by atoms with E-state index in [1.807, 2.05) is 10.8 Å². The standard InChI is InChI=1S/C14H16N2O2.BrH/c1-10-6-11(2)14(12(3)7-10)16-5-4-15(9-16)8-13(17)18;/h4-7,9H,8H2,1-3H3;1H. The lowest BCUT2D eigenvalue weighted by atomic mass is 10.1. The van der Waals surface area contributed by atoms with Crippen LogP contribution in [0.2, 0.25) is 0 Å². The quantitative estimate of drug-likeness (QED) is 0.719. The maximum absolute atomic E-state index is 10.7. The van der Waals surface area contributed by atoms with Gasteiger partial charge in [0, 0.05) is 0 Å². The number of aromatic nitrogens is 2. The molecule has 0 saturated carbocycles. The van der Waals surface area contributed by atoms with Gasteiger partial charge in [-0.25, -0.2) is 13.9 Å². The number of rotatable bonds is 3. The molecule has 2 aromatic rings. The van der Waals surface area contributed by atoms with Crippen molar-refractivity contribution in [3.8, 4) is 5.69 Å². The molecule has 0 spiro atoms. The molecule has 1 N–H and O–H groups in total. The first-order chi connectivity index (χ1) is 8.47. The first-order valence-corrected chi connectivity index (χ1v) is 5.84. The van der Waals surface area contributed by atoms with Crippen LogP contribution in [0.3, 0.4) is 0 Å². The lowest BCUT2D eigenvalue weighted by Gasteiger charge is -2.06. The highest BCUT2D eigenvalue weighted by atomic mass is 79.9. The number of aliphatic carboxylic acids is 1. The summed E-state index contributed by atoms with van der Waals surface area (Å²) in [6.07, 6.45) is 5.46. The van der Waals surface area contributed by atoms with Crippen molar-refractivity contribution in [1.82, 2.24) is 4.57 Å². The largest absolute Gasteiger partial charge is 1.00 e. The summed E-state index contributed by atoms with van der Waals surface area (Å²) in [6.45, 7) is 6.19. The lowest BCUT2D eigenvalue weighted by molar-refractivity contribution is -0.685. The van der Waals surface area contributed by atoms with Gasteiger partial charge in [0.25, 0.3) is 0 Å². The molecule has 0 saturated heterocycles. The Labute approximate surface area is 123 Å². The fourth-order valence-electron chi connectivity index (χ4n) is 2.36. The van der Waals surface area contributed by atoms with Crippen molar-refractivity contribution in [2.45, 2.75) is 27.3 Å². The van der Waals surface area contributed by atoms with Gasteiger partial charge < -0.3 is 22.1 Å². The summed E-state index contributed by atoms with van der Waals surface area (Å²) in [6, 6.07) is 4.26. The van der Waals surface area contributed by atoms with Gasteiger partial charge in [-0.3, -0.25) is 0 Å². The second-order valence-corrected chi connectivity index (χ2v) is 4.63. The Balaban J connectivity index is 0.00000180. The summed E-state index contributed by atoms with van der Waals surface area (Å²) >= 11 is 0. The van der Waals surface area contributed by atoms with E-state index in [9.17, 15) is 4.79 Å². The molecule has 2 rings (SSSR count). The number of hydrogen-bond donors (Lipinski definition) is 1. The molecule has 0 radical (unpaired) electrons. The number of halogens is 1. The number of aryl methyl sites for hydroxylation is 3. The molecule has 5 heteroatoms. The van der Waals surface area contributed by atoms with E-state index in [2.05, 4.69) is 32.9 Å². The third-order valence-electron chi connectivity index (χ3n) is 2.90. The molecule has 102 valence electrons. The molecule has 19 heavy (non-hydrogen) atoms. The van der Waals surface area contributed by atoms with E-state index in [4.69, 9.17) is 5.11 Å². The highest BCUT2D eigenvalue weighted by Gasteiger charge is 2.13. The number of carboxylic acids is 1. The van der Waals surface area contributed by atoms with Crippen molar-refractivity contribution < 1.29 is 31.4 Å². The van der Waals surface area contributed by atoms with E-state index >= 15 is 0 Å². The van der Waals surface area contributed by atoms with Gasteiger partial charge in [0.05, 0.1) is 0 Å². The maximum atomic E-state index is 10.7. The van der Waals surface area contributed by atoms with Crippen LogP contribution in [0.5, 0.6) is 0 Å². The molecule has 0 unspecified atom stereocenters. The first-order valence-electron chi connectivity index (χ1n) is 5.84. The van der Waals surface area contributed by atoms with Crippen LogP contribution in [0.25, 0.3) is 5.69 Å². The molecule has 4 nitrogen and oxygen atoms in total. The number of imidazole rings is 1.